The Morgan fingerprint density at radius 3 is 2.67 bits per heavy atom. The lowest BCUT2D eigenvalue weighted by Gasteiger charge is -2.29. The molecule has 0 aromatic heterocycles. The van der Waals surface area contributed by atoms with Crippen molar-refractivity contribution in [3.8, 4) is 0 Å². The number of methoxy groups -OCH3 is 1. The molecule has 0 aromatic carbocycles. The van der Waals surface area contributed by atoms with Crippen LogP contribution in [0.25, 0.3) is 0 Å². The molecule has 5 heteroatoms. The van der Waals surface area contributed by atoms with Crippen LogP contribution in [-0.2, 0) is 19.2 Å². The van der Waals surface area contributed by atoms with Crippen molar-refractivity contribution in [1.29, 1.82) is 0 Å². The summed E-state index contributed by atoms with van der Waals surface area (Å²) < 4.78 is 4.93. The third kappa shape index (κ3) is 5.33. The van der Waals surface area contributed by atoms with E-state index in [-0.39, 0.29) is 17.8 Å². The molecule has 0 radical (unpaired) electrons. The Bertz CT molecular complexity index is 440. The van der Waals surface area contributed by atoms with Crippen LogP contribution in [0.1, 0.15) is 52.9 Å². The molecule has 0 heterocycles. The number of nitrogens with zero attached hydrogens (tertiary/aromatic N) is 1. The van der Waals surface area contributed by atoms with Gasteiger partial charge in [-0.2, -0.15) is 0 Å². The highest BCUT2D eigenvalue weighted by atomic mass is 16.7. The Balaban J connectivity index is 2.89. The van der Waals surface area contributed by atoms with Gasteiger partial charge in [0.1, 0.15) is 0 Å². The van der Waals surface area contributed by atoms with Crippen molar-refractivity contribution in [2.75, 3.05) is 7.11 Å². The van der Waals surface area contributed by atoms with Gasteiger partial charge in [0.05, 0.1) is 18.7 Å². The Morgan fingerprint density at radius 1 is 1.38 bits per heavy atom. The highest BCUT2D eigenvalue weighted by Crippen LogP contribution is 2.34. The predicted octanol–water partition coefficient (Wildman–Crippen LogP) is 3.24. The Hall–Kier alpha value is -1.65. The van der Waals surface area contributed by atoms with Crippen LogP contribution >= 0.6 is 0 Å². The average Bonchev–Trinajstić information content (AvgIpc) is 2.44. The van der Waals surface area contributed by atoms with Crippen molar-refractivity contribution in [3.05, 3.63) is 11.6 Å². The topological polar surface area (TPSA) is 65.0 Å². The second kappa shape index (κ2) is 8.60. The van der Waals surface area contributed by atoms with E-state index < -0.39 is 5.97 Å². The second-order valence-electron chi connectivity index (χ2n) is 5.51. The minimum absolute atomic E-state index is 0.156. The number of hydrogen-bond acceptors (Lipinski definition) is 5. The molecule has 0 saturated carbocycles. The maximum absolute atomic E-state index is 12.0. The fraction of sp³-hybridized carbons (Fsp3) is 0.688. The summed E-state index contributed by atoms with van der Waals surface area (Å²) in [7, 11) is 1.42. The lowest BCUT2D eigenvalue weighted by molar-refractivity contribution is -0.146. The summed E-state index contributed by atoms with van der Waals surface area (Å²) in [5.41, 5.74) is 1.63. The van der Waals surface area contributed by atoms with Crippen LogP contribution in [0.15, 0.2) is 16.8 Å². The van der Waals surface area contributed by atoms with Gasteiger partial charge in [-0.05, 0) is 31.8 Å². The number of carbonyl (C=O) groups excluding carboxylic acids is 2. The fourth-order valence-corrected chi connectivity index (χ4v) is 2.79. The number of hydrogen-bond donors (Lipinski definition) is 0. The summed E-state index contributed by atoms with van der Waals surface area (Å²) in [6.07, 6.45) is 6.75. The zero-order chi connectivity index (χ0) is 15.8. The third-order valence-electron chi connectivity index (χ3n) is 3.75. The number of esters is 1. The van der Waals surface area contributed by atoms with Gasteiger partial charge in [-0.25, -0.2) is 4.79 Å². The molecule has 0 spiro atoms. The molecule has 0 saturated heterocycles. The zero-order valence-electron chi connectivity index (χ0n) is 13.3. The zero-order valence-corrected chi connectivity index (χ0v) is 13.3. The van der Waals surface area contributed by atoms with Gasteiger partial charge in [-0.1, -0.05) is 36.9 Å². The molecule has 2 unspecified atom stereocenters. The van der Waals surface area contributed by atoms with Crippen molar-refractivity contribution in [2.24, 2.45) is 17.0 Å². The monoisotopic (exact) mass is 295 g/mol. The quantitative estimate of drug-likeness (QED) is 0.326. The highest BCUT2D eigenvalue weighted by Gasteiger charge is 2.34. The Morgan fingerprint density at radius 2 is 2.10 bits per heavy atom. The van der Waals surface area contributed by atoms with Crippen LogP contribution in [-0.4, -0.2) is 24.8 Å². The summed E-state index contributed by atoms with van der Waals surface area (Å²) in [5, 5.41) is 3.87. The summed E-state index contributed by atoms with van der Waals surface area (Å²) in [6, 6.07) is 0. The van der Waals surface area contributed by atoms with Gasteiger partial charge in [0.25, 0.3) is 0 Å². The molecule has 0 aliphatic heterocycles. The van der Waals surface area contributed by atoms with Crippen molar-refractivity contribution in [1.82, 2.24) is 0 Å². The fourth-order valence-electron chi connectivity index (χ4n) is 2.79. The molecule has 118 valence electrons. The molecule has 21 heavy (non-hydrogen) atoms. The van der Waals surface area contributed by atoms with Crippen LogP contribution in [0.4, 0.5) is 0 Å². The molecule has 0 bridgehead atoms. The van der Waals surface area contributed by atoms with Crippen molar-refractivity contribution in [3.63, 3.8) is 0 Å². The van der Waals surface area contributed by atoms with Gasteiger partial charge >= 0.3 is 11.9 Å². The lowest BCUT2D eigenvalue weighted by Crippen LogP contribution is -2.31. The number of unbranched alkanes of at least 4 members (excludes halogenated alkanes) is 2. The first-order valence-corrected chi connectivity index (χ1v) is 7.50. The maximum atomic E-state index is 12.0. The first kappa shape index (κ1) is 17.4. The Kier molecular flexibility index (Phi) is 7.12. The summed E-state index contributed by atoms with van der Waals surface area (Å²) in [6.45, 7) is 5.37. The number of ether oxygens (including phenoxy) is 1. The second-order valence-corrected chi connectivity index (χ2v) is 5.51. The molecular weight excluding hydrogens is 270 g/mol. The van der Waals surface area contributed by atoms with E-state index in [0.717, 1.165) is 31.3 Å². The summed E-state index contributed by atoms with van der Waals surface area (Å²) in [5.74, 6) is -0.700. The number of rotatable bonds is 6. The molecule has 0 N–H and O–H groups in total. The minimum atomic E-state index is -0.439. The van der Waals surface area contributed by atoms with Crippen LogP contribution in [0.5, 0.6) is 0 Å². The molecule has 1 rings (SSSR count). The smallest absolute Gasteiger partial charge is 0.331 e. The summed E-state index contributed by atoms with van der Waals surface area (Å²) >= 11 is 0. The molecule has 0 amide bonds. The number of allylic oxidation sites excluding steroid dienone is 1. The summed E-state index contributed by atoms with van der Waals surface area (Å²) in [4.78, 5) is 27.6. The third-order valence-corrected chi connectivity index (χ3v) is 3.75. The van der Waals surface area contributed by atoms with Gasteiger partial charge in [0.2, 0.25) is 0 Å². The number of carbonyl (C=O) groups is 2. The van der Waals surface area contributed by atoms with Crippen LogP contribution in [0.3, 0.4) is 0 Å². The van der Waals surface area contributed by atoms with Crippen LogP contribution in [0.2, 0.25) is 0 Å². The molecule has 5 nitrogen and oxygen atoms in total. The molecule has 1 aliphatic carbocycles. The highest BCUT2D eigenvalue weighted by molar-refractivity contribution is 5.98. The van der Waals surface area contributed by atoms with Gasteiger partial charge in [0.15, 0.2) is 0 Å². The van der Waals surface area contributed by atoms with Gasteiger partial charge < -0.3 is 9.57 Å². The van der Waals surface area contributed by atoms with Crippen LogP contribution < -0.4 is 0 Å². The molecule has 0 aromatic rings. The predicted molar refractivity (Wildman–Crippen MR) is 80.7 cm³/mol. The first-order valence-electron chi connectivity index (χ1n) is 7.50. The SMILES string of the molecule is CCCCCC1CC(=NOC(C)=O)C=C(C)C1C(=O)OC. The van der Waals surface area contributed by atoms with Crippen molar-refractivity contribution >= 4 is 17.7 Å². The van der Waals surface area contributed by atoms with E-state index in [4.69, 9.17) is 9.57 Å². The van der Waals surface area contributed by atoms with E-state index in [0.29, 0.717) is 12.1 Å². The van der Waals surface area contributed by atoms with E-state index in [2.05, 4.69) is 12.1 Å². The lowest BCUT2D eigenvalue weighted by atomic mass is 9.75. The van der Waals surface area contributed by atoms with E-state index in [1.165, 1.54) is 14.0 Å². The Labute approximate surface area is 126 Å². The van der Waals surface area contributed by atoms with Crippen LogP contribution in [0, 0.1) is 11.8 Å². The van der Waals surface area contributed by atoms with E-state index in [9.17, 15) is 9.59 Å². The molecule has 0 fully saturated rings. The van der Waals surface area contributed by atoms with Gasteiger partial charge in [0, 0.05) is 6.92 Å². The molecule has 1 aliphatic rings. The minimum Gasteiger partial charge on any atom is -0.469 e. The van der Waals surface area contributed by atoms with E-state index in [1.807, 2.05) is 13.0 Å². The molecular formula is C16H25NO4. The normalized spacial score (nSPS) is 23.6. The standard InChI is InChI=1S/C16H25NO4/c1-5-6-7-8-13-10-14(17-21-12(3)18)9-11(2)15(13)16(19)20-4/h9,13,15H,5-8,10H2,1-4H3. The largest absolute Gasteiger partial charge is 0.469 e. The van der Waals surface area contributed by atoms with Gasteiger partial charge in [-0.15, -0.1) is 0 Å². The first-order chi connectivity index (χ1) is 9.99. The number of oxime groups is 1. The average molecular weight is 295 g/mol. The van der Waals surface area contributed by atoms with Crippen molar-refractivity contribution < 1.29 is 19.2 Å². The van der Waals surface area contributed by atoms with E-state index in [1.54, 1.807) is 0 Å². The maximum Gasteiger partial charge on any atom is 0.331 e. The van der Waals surface area contributed by atoms with E-state index >= 15 is 0 Å². The van der Waals surface area contributed by atoms with Crippen molar-refractivity contribution in [2.45, 2.75) is 52.9 Å². The molecule has 2 atom stereocenters. The van der Waals surface area contributed by atoms with Gasteiger partial charge in [-0.3, -0.25) is 4.79 Å².